The molecule has 0 aliphatic heterocycles. The van der Waals surface area contributed by atoms with Crippen LogP contribution >= 0.6 is 0 Å². The molecule has 6 heteroatoms. The third-order valence-corrected chi connectivity index (χ3v) is 5.75. The Morgan fingerprint density at radius 3 is 1.41 bits per heavy atom. The Kier molecular flexibility index (Phi) is 13.7. The Morgan fingerprint density at radius 2 is 1.00 bits per heavy atom. The van der Waals surface area contributed by atoms with Gasteiger partial charge < -0.3 is 28.4 Å². The zero-order chi connectivity index (χ0) is 26.9. The SMILES string of the molecule is CC=COCCOCCOc1cc(C)ccc1C(C)(C)c1ccc(C)cc1OCCOCCOC=CC. The van der Waals surface area contributed by atoms with Crippen LogP contribution in [0.25, 0.3) is 0 Å². The third kappa shape index (κ3) is 10.5. The largest absolute Gasteiger partial charge is 0.499 e. The molecule has 2 rings (SSSR count). The standard InChI is InChI=1S/C31H44O6/c1-7-13-32-15-17-34-19-21-36-29-23-25(3)9-11-27(29)31(5,6)28-12-10-26(4)24-30(28)37-22-20-35-18-16-33-14-8-2/h7-14,23-24H,15-22H2,1-6H3. The predicted molar refractivity (Wildman–Crippen MR) is 149 cm³/mol. The lowest BCUT2D eigenvalue weighted by Gasteiger charge is -2.30. The lowest BCUT2D eigenvalue weighted by atomic mass is 9.76. The van der Waals surface area contributed by atoms with Gasteiger partial charge in [-0.3, -0.25) is 0 Å². The maximum Gasteiger partial charge on any atom is 0.123 e. The van der Waals surface area contributed by atoms with Crippen molar-refractivity contribution >= 4 is 0 Å². The van der Waals surface area contributed by atoms with Gasteiger partial charge in [0.15, 0.2) is 0 Å². The van der Waals surface area contributed by atoms with Crippen LogP contribution in [-0.4, -0.2) is 52.9 Å². The van der Waals surface area contributed by atoms with Crippen LogP contribution in [0.1, 0.15) is 49.9 Å². The van der Waals surface area contributed by atoms with E-state index in [0.29, 0.717) is 52.9 Å². The molecule has 0 unspecified atom stereocenters. The number of ether oxygens (including phenoxy) is 6. The lowest BCUT2D eigenvalue weighted by molar-refractivity contribution is 0.0644. The van der Waals surface area contributed by atoms with Gasteiger partial charge in [0, 0.05) is 16.5 Å². The molecule has 2 aromatic rings. The molecule has 0 aromatic heterocycles. The topological polar surface area (TPSA) is 55.4 Å². The number of benzene rings is 2. The fourth-order valence-electron chi connectivity index (χ4n) is 3.84. The molecule has 0 saturated carbocycles. The first kappa shape index (κ1) is 30.3. The van der Waals surface area contributed by atoms with E-state index in [1.54, 1.807) is 12.5 Å². The molecule has 0 heterocycles. The van der Waals surface area contributed by atoms with E-state index in [2.05, 4.69) is 64.1 Å². The molecule has 2 aromatic carbocycles. The Bertz CT molecular complexity index is 902. The first-order valence-electron chi connectivity index (χ1n) is 13.0. The Hall–Kier alpha value is -2.96. The second kappa shape index (κ2) is 16.7. The van der Waals surface area contributed by atoms with Gasteiger partial charge in [-0.2, -0.15) is 0 Å². The highest BCUT2D eigenvalue weighted by atomic mass is 16.5. The van der Waals surface area contributed by atoms with E-state index in [9.17, 15) is 0 Å². The predicted octanol–water partition coefficient (Wildman–Crippen LogP) is 6.52. The molecule has 0 fully saturated rings. The third-order valence-electron chi connectivity index (χ3n) is 5.75. The molecule has 204 valence electrons. The van der Waals surface area contributed by atoms with Crippen LogP contribution in [0.3, 0.4) is 0 Å². The smallest absolute Gasteiger partial charge is 0.123 e. The minimum absolute atomic E-state index is 0.353. The number of aryl methyl sites for hydroxylation is 2. The normalized spacial score (nSPS) is 11.8. The maximum atomic E-state index is 6.21. The second-order valence-corrected chi connectivity index (χ2v) is 9.23. The number of hydrogen-bond acceptors (Lipinski definition) is 6. The van der Waals surface area contributed by atoms with Gasteiger partial charge in [0.2, 0.25) is 0 Å². The number of rotatable bonds is 18. The van der Waals surface area contributed by atoms with Crippen molar-refractivity contribution in [3.63, 3.8) is 0 Å². The van der Waals surface area contributed by atoms with Crippen molar-refractivity contribution in [1.29, 1.82) is 0 Å². The molecular formula is C31H44O6. The van der Waals surface area contributed by atoms with Gasteiger partial charge in [0.1, 0.15) is 37.9 Å². The lowest BCUT2D eigenvalue weighted by Crippen LogP contribution is -2.23. The molecule has 0 saturated heterocycles. The van der Waals surface area contributed by atoms with Crippen LogP contribution in [-0.2, 0) is 24.4 Å². The summed E-state index contributed by atoms with van der Waals surface area (Å²) in [6.45, 7) is 16.4. The summed E-state index contributed by atoms with van der Waals surface area (Å²) in [4.78, 5) is 0. The van der Waals surface area contributed by atoms with E-state index in [0.717, 1.165) is 33.8 Å². The molecule has 37 heavy (non-hydrogen) atoms. The summed E-state index contributed by atoms with van der Waals surface area (Å²) in [5, 5.41) is 0. The van der Waals surface area contributed by atoms with E-state index in [-0.39, 0.29) is 5.41 Å². The van der Waals surface area contributed by atoms with Crippen LogP contribution < -0.4 is 9.47 Å². The van der Waals surface area contributed by atoms with Gasteiger partial charge in [-0.05, 0) is 51.0 Å². The minimum Gasteiger partial charge on any atom is -0.499 e. The van der Waals surface area contributed by atoms with Crippen molar-refractivity contribution in [3.8, 4) is 11.5 Å². The summed E-state index contributed by atoms with van der Waals surface area (Å²) in [5.41, 5.74) is 4.13. The van der Waals surface area contributed by atoms with Gasteiger partial charge in [0.05, 0.1) is 39.0 Å². The summed E-state index contributed by atoms with van der Waals surface area (Å²) < 4.78 is 34.3. The summed E-state index contributed by atoms with van der Waals surface area (Å²) >= 11 is 0. The van der Waals surface area contributed by atoms with E-state index < -0.39 is 0 Å². The van der Waals surface area contributed by atoms with E-state index >= 15 is 0 Å². The Balaban J connectivity index is 2.05. The quantitative estimate of drug-likeness (QED) is 0.167. The zero-order valence-corrected chi connectivity index (χ0v) is 23.4. The van der Waals surface area contributed by atoms with Crippen molar-refractivity contribution in [1.82, 2.24) is 0 Å². The average Bonchev–Trinajstić information content (AvgIpc) is 2.87. The van der Waals surface area contributed by atoms with Crippen molar-refractivity contribution < 1.29 is 28.4 Å². The Morgan fingerprint density at radius 1 is 0.595 bits per heavy atom. The highest BCUT2D eigenvalue weighted by Gasteiger charge is 2.30. The first-order chi connectivity index (χ1) is 17.9. The van der Waals surface area contributed by atoms with Crippen LogP contribution in [0.2, 0.25) is 0 Å². The molecule has 0 amide bonds. The fourth-order valence-corrected chi connectivity index (χ4v) is 3.84. The minimum atomic E-state index is -0.353. The average molecular weight is 513 g/mol. The van der Waals surface area contributed by atoms with Gasteiger partial charge in [-0.1, -0.05) is 50.3 Å². The highest BCUT2D eigenvalue weighted by Crippen LogP contribution is 2.42. The molecule has 0 spiro atoms. The molecule has 0 aliphatic carbocycles. The van der Waals surface area contributed by atoms with Crippen molar-refractivity contribution in [2.45, 2.75) is 47.0 Å². The van der Waals surface area contributed by atoms with Crippen LogP contribution in [0.15, 0.2) is 61.1 Å². The van der Waals surface area contributed by atoms with Crippen molar-refractivity contribution in [3.05, 3.63) is 83.3 Å². The van der Waals surface area contributed by atoms with Crippen LogP contribution in [0.5, 0.6) is 11.5 Å². The van der Waals surface area contributed by atoms with Crippen LogP contribution in [0, 0.1) is 13.8 Å². The molecule has 0 radical (unpaired) electrons. The summed E-state index contributed by atoms with van der Waals surface area (Å²) in [6.07, 6.45) is 7.04. The molecule has 0 bridgehead atoms. The molecule has 6 nitrogen and oxygen atoms in total. The van der Waals surface area contributed by atoms with Gasteiger partial charge in [-0.25, -0.2) is 0 Å². The molecule has 0 atom stereocenters. The van der Waals surface area contributed by atoms with Gasteiger partial charge in [-0.15, -0.1) is 0 Å². The number of hydrogen-bond donors (Lipinski definition) is 0. The fraction of sp³-hybridized carbons (Fsp3) is 0.484. The van der Waals surface area contributed by atoms with Crippen LogP contribution in [0.4, 0.5) is 0 Å². The van der Waals surface area contributed by atoms with Crippen molar-refractivity contribution in [2.75, 3.05) is 52.9 Å². The second-order valence-electron chi connectivity index (χ2n) is 9.23. The highest BCUT2D eigenvalue weighted by molar-refractivity contribution is 5.52. The van der Waals surface area contributed by atoms with Gasteiger partial charge >= 0.3 is 0 Å². The van der Waals surface area contributed by atoms with E-state index in [1.807, 2.05) is 26.0 Å². The molecule has 0 aliphatic rings. The van der Waals surface area contributed by atoms with E-state index in [1.165, 1.54) is 0 Å². The first-order valence-corrected chi connectivity index (χ1v) is 13.0. The summed E-state index contributed by atoms with van der Waals surface area (Å²) in [6, 6.07) is 12.7. The summed E-state index contributed by atoms with van der Waals surface area (Å²) in [5.74, 6) is 1.71. The monoisotopic (exact) mass is 512 g/mol. The molecule has 0 N–H and O–H groups in total. The van der Waals surface area contributed by atoms with E-state index in [4.69, 9.17) is 28.4 Å². The number of allylic oxidation sites excluding steroid dienone is 2. The molecular weight excluding hydrogens is 468 g/mol. The zero-order valence-electron chi connectivity index (χ0n) is 23.4. The summed E-state index contributed by atoms with van der Waals surface area (Å²) in [7, 11) is 0. The maximum absolute atomic E-state index is 6.21. The van der Waals surface area contributed by atoms with Crippen molar-refractivity contribution in [2.24, 2.45) is 0 Å². The van der Waals surface area contributed by atoms with Gasteiger partial charge in [0.25, 0.3) is 0 Å². The Labute approximate surface area is 223 Å².